The van der Waals surface area contributed by atoms with Crippen LogP contribution in [-0.2, 0) is 6.42 Å². The van der Waals surface area contributed by atoms with E-state index < -0.39 is 23.5 Å². The van der Waals surface area contributed by atoms with Gasteiger partial charge in [-0.15, -0.1) is 0 Å². The van der Waals surface area contributed by atoms with E-state index in [0.29, 0.717) is 0 Å². The molecule has 0 fully saturated rings. The summed E-state index contributed by atoms with van der Waals surface area (Å²) in [6.45, 7) is -0.154. The van der Waals surface area contributed by atoms with Crippen molar-refractivity contribution < 1.29 is 18.7 Å². The normalized spacial score (nSPS) is 12.0. The van der Waals surface area contributed by atoms with Crippen LogP contribution in [0.15, 0.2) is 36.8 Å². The van der Waals surface area contributed by atoms with Crippen molar-refractivity contribution in [2.24, 2.45) is 5.92 Å². The minimum Gasteiger partial charge on any atom is -0.396 e. The first-order valence-corrected chi connectivity index (χ1v) is 6.69. The predicted molar refractivity (Wildman–Crippen MR) is 75.0 cm³/mol. The number of halogens is 2. The van der Waals surface area contributed by atoms with E-state index in [0.717, 1.165) is 18.2 Å². The summed E-state index contributed by atoms with van der Waals surface area (Å²) in [4.78, 5) is 19.4. The lowest BCUT2D eigenvalue weighted by molar-refractivity contribution is 0.0934. The van der Waals surface area contributed by atoms with Crippen LogP contribution in [0.5, 0.6) is 0 Å². The van der Waals surface area contributed by atoms with Gasteiger partial charge in [0.15, 0.2) is 0 Å². The Labute approximate surface area is 126 Å². The summed E-state index contributed by atoms with van der Waals surface area (Å²) < 4.78 is 26.7. The molecule has 0 radical (unpaired) electrons. The number of hydrogen-bond donors (Lipinski definition) is 2. The van der Waals surface area contributed by atoms with Crippen molar-refractivity contribution >= 4 is 5.91 Å². The van der Waals surface area contributed by atoms with E-state index in [2.05, 4.69) is 15.3 Å². The molecule has 2 rings (SSSR count). The molecule has 0 saturated heterocycles. The number of rotatable bonds is 6. The number of carbonyl (C=O) groups excluding carboxylic acids is 1. The molecular weight excluding hydrogens is 292 g/mol. The molecule has 1 amide bonds. The van der Waals surface area contributed by atoms with Crippen LogP contribution in [-0.4, -0.2) is 34.1 Å². The van der Waals surface area contributed by atoms with Crippen LogP contribution in [0.3, 0.4) is 0 Å². The Morgan fingerprint density at radius 2 is 2.14 bits per heavy atom. The molecule has 1 atom stereocenters. The zero-order valence-electron chi connectivity index (χ0n) is 11.7. The monoisotopic (exact) mass is 307 g/mol. The summed E-state index contributed by atoms with van der Waals surface area (Å²) in [5, 5.41) is 11.9. The Morgan fingerprint density at radius 3 is 2.82 bits per heavy atom. The lowest BCUT2D eigenvalue weighted by Crippen LogP contribution is -2.32. The van der Waals surface area contributed by atoms with Gasteiger partial charge in [0.25, 0.3) is 5.91 Å². The van der Waals surface area contributed by atoms with E-state index in [1.165, 1.54) is 18.6 Å². The molecule has 0 aliphatic carbocycles. The predicted octanol–water partition coefficient (Wildman–Crippen LogP) is 1.34. The first-order chi connectivity index (χ1) is 10.6. The zero-order chi connectivity index (χ0) is 15.9. The number of carbonyl (C=O) groups is 1. The molecule has 0 bridgehead atoms. The molecule has 7 heteroatoms. The van der Waals surface area contributed by atoms with Crippen LogP contribution < -0.4 is 5.32 Å². The molecule has 0 aliphatic heterocycles. The van der Waals surface area contributed by atoms with Gasteiger partial charge in [-0.3, -0.25) is 9.78 Å². The van der Waals surface area contributed by atoms with Crippen LogP contribution in [0.1, 0.15) is 16.1 Å². The molecule has 0 saturated carbocycles. The number of hydrogen-bond acceptors (Lipinski definition) is 4. The van der Waals surface area contributed by atoms with E-state index in [-0.39, 0.29) is 30.8 Å². The van der Waals surface area contributed by atoms with Crippen molar-refractivity contribution in [1.29, 1.82) is 0 Å². The van der Waals surface area contributed by atoms with Crippen molar-refractivity contribution in [1.82, 2.24) is 15.3 Å². The molecule has 116 valence electrons. The van der Waals surface area contributed by atoms with Crippen molar-refractivity contribution in [3.8, 4) is 0 Å². The molecule has 2 N–H and O–H groups in total. The highest BCUT2D eigenvalue weighted by Gasteiger charge is 2.15. The van der Waals surface area contributed by atoms with Crippen LogP contribution in [0.4, 0.5) is 8.78 Å². The van der Waals surface area contributed by atoms with Gasteiger partial charge in [0.2, 0.25) is 0 Å². The van der Waals surface area contributed by atoms with Crippen molar-refractivity contribution in [2.75, 3.05) is 13.2 Å². The highest BCUT2D eigenvalue weighted by atomic mass is 19.1. The molecule has 1 aromatic heterocycles. The van der Waals surface area contributed by atoms with Crippen molar-refractivity contribution in [3.05, 3.63) is 59.7 Å². The van der Waals surface area contributed by atoms with E-state index >= 15 is 0 Å². The average Bonchev–Trinajstić information content (AvgIpc) is 2.55. The lowest BCUT2D eigenvalue weighted by Gasteiger charge is -2.15. The Bertz CT molecular complexity index is 638. The first-order valence-electron chi connectivity index (χ1n) is 6.69. The Hall–Kier alpha value is -2.41. The molecule has 22 heavy (non-hydrogen) atoms. The van der Waals surface area contributed by atoms with Crippen LogP contribution in [0.2, 0.25) is 0 Å². The fourth-order valence-electron chi connectivity index (χ4n) is 1.96. The summed E-state index contributed by atoms with van der Waals surface area (Å²) in [7, 11) is 0. The maximum absolute atomic E-state index is 13.6. The second-order valence-electron chi connectivity index (χ2n) is 4.79. The zero-order valence-corrected chi connectivity index (χ0v) is 11.7. The molecule has 1 heterocycles. The molecule has 2 aromatic rings. The average molecular weight is 307 g/mol. The van der Waals surface area contributed by atoms with E-state index in [9.17, 15) is 18.7 Å². The fraction of sp³-hybridized carbons (Fsp3) is 0.267. The van der Waals surface area contributed by atoms with Gasteiger partial charge in [-0.2, -0.15) is 0 Å². The highest BCUT2D eigenvalue weighted by molar-refractivity contribution is 5.91. The fourth-order valence-corrected chi connectivity index (χ4v) is 1.96. The number of benzene rings is 1. The van der Waals surface area contributed by atoms with Gasteiger partial charge in [0.1, 0.15) is 17.3 Å². The quantitative estimate of drug-likeness (QED) is 0.844. The Kier molecular flexibility index (Phi) is 5.48. The smallest absolute Gasteiger partial charge is 0.271 e. The summed E-state index contributed by atoms with van der Waals surface area (Å²) in [6.07, 6.45) is 4.26. The van der Waals surface area contributed by atoms with E-state index in [1.807, 2.05) is 0 Å². The van der Waals surface area contributed by atoms with Gasteiger partial charge in [-0.05, 0) is 30.2 Å². The van der Waals surface area contributed by atoms with Crippen LogP contribution in [0.25, 0.3) is 0 Å². The molecule has 0 spiro atoms. The van der Waals surface area contributed by atoms with Gasteiger partial charge in [-0.25, -0.2) is 13.8 Å². The van der Waals surface area contributed by atoms with Crippen molar-refractivity contribution in [3.63, 3.8) is 0 Å². The highest BCUT2D eigenvalue weighted by Crippen LogP contribution is 2.14. The van der Waals surface area contributed by atoms with Gasteiger partial charge in [0, 0.05) is 31.5 Å². The molecule has 1 aromatic carbocycles. The van der Waals surface area contributed by atoms with E-state index in [1.54, 1.807) is 0 Å². The first kappa shape index (κ1) is 16.0. The third-order valence-corrected chi connectivity index (χ3v) is 3.12. The second-order valence-corrected chi connectivity index (χ2v) is 4.79. The molecule has 1 unspecified atom stereocenters. The summed E-state index contributed by atoms with van der Waals surface area (Å²) >= 11 is 0. The maximum Gasteiger partial charge on any atom is 0.271 e. The summed E-state index contributed by atoms with van der Waals surface area (Å²) in [5.74, 6) is -1.96. The third kappa shape index (κ3) is 4.29. The lowest BCUT2D eigenvalue weighted by atomic mass is 9.99. The number of amides is 1. The third-order valence-electron chi connectivity index (χ3n) is 3.12. The topological polar surface area (TPSA) is 75.1 Å². The van der Waals surface area contributed by atoms with E-state index in [4.69, 9.17) is 0 Å². The minimum atomic E-state index is -0.545. The summed E-state index contributed by atoms with van der Waals surface area (Å²) in [5.41, 5.74) is 0.309. The largest absolute Gasteiger partial charge is 0.396 e. The van der Waals surface area contributed by atoms with Gasteiger partial charge >= 0.3 is 0 Å². The Balaban J connectivity index is 1.95. The standard InChI is InChI=1S/C15H15F2N3O2/c16-12-1-2-13(17)11(6-12)5-10(9-21)7-20-15(22)14-8-18-3-4-19-14/h1-4,6,8,10,21H,5,7,9H2,(H,20,22). The van der Waals surface area contributed by atoms with Gasteiger partial charge < -0.3 is 10.4 Å². The molecular formula is C15H15F2N3O2. The van der Waals surface area contributed by atoms with Gasteiger partial charge in [0.05, 0.1) is 6.20 Å². The maximum atomic E-state index is 13.6. The molecule has 5 nitrogen and oxygen atoms in total. The SMILES string of the molecule is O=C(NCC(CO)Cc1cc(F)ccc1F)c1cnccn1. The Morgan fingerprint density at radius 1 is 1.32 bits per heavy atom. The van der Waals surface area contributed by atoms with Crippen LogP contribution in [0, 0.1) is 17.6 Å². The number of aliphatic hydroxyl groups excluding tert-OH is 1. The number of aliphatic hydroxyl groups is 1. The second kappa shape index (κ2) is 7.56. The van der Waals surface area contributed by atoms with Crippen LogP contribution >= 0.6 is 0 Å². The summed E-state index contributed by atoms with van der Waals surface area (Å²) in [6, 6.07) is 3.16. The van der Waals surface area contributed by atoms with Gasteiger partial charge in [-0.1, -0.05) is 0 Å². The number of nitrogens with zero attached hydrogens (tertiary/aromatic N) is 2. The minimum absolute atomic E-state index is 0.112. The number of nitrogens with one attached hydrogen (secondary N) is 1. The number of aromatic nitrogens is 2. The van der Waals surface area contributed by atoms with Crippen molar-refractivity contribution in [2.45, 2.75) is 6.42 Å². The molecule has 0 aliphatic rings.